The molecule has 0 unspecified atom stereocenters. The van der Waals surface area contributed by atoms with Crippen molar-refractivity contribution in [2.45, 2.75) is 19.3 Å². The van der Waals surface area contributed by atoms with E-state index in [-0.39, 0.29) is 12.5 Å². The number of nitrogens with zero attached hydrogens (tertiary/aromatic N) is 1. The van der Waals surface area contributed by atoms with Gasteiger partial charge < -0.3 is 10.1 Å². The summed E-state index contributed by atoms with van der Waals surface area (Å²) in [5.74, 6) is 0.416. The number of rotatable bonds is 4. The van der Waals surface area contributed by atoms with Gasteiger partial charge in [0.15, 0.2) is 6.61 Å². The van der Waals surface area contributed by atoms with Gasteiger partial charge in [-0.25, -0.2) is 0 Å². The summed E-state index contributed by atoms with van der Waals surface area (Å²) in [6.45, 7) is -0.0615. The third-order valence-electron chi connectivity index (χ3n) is 3.47. The maximum absolute atomic E-state index is 12.0. The van der Waals surface area contributed by atoms with Crippen LogP contribution in [0.1, 0.15) is 22.4 Å². The van der Waals surface area contributed by atoms with Crippen LogP contribution < -0.4 is 10.1 Å². The van der Waals surface area contributed by atoms with Crippen molar-refractivity contribution in [3.63, 3.8) is 0 Å². The highest BCUT2D eigenvalue weighted by molar-refractivity contribution is 14.1. The first kappa shape index (κ1) is 15.3. The number of hydrogen-bond donors (Lipinski definition) is 1. The van der Waals surface area contributed by atoms with E-state index in [1.807, 2.05) is 24.3 Å². The number of anilines is 1. The van der Waals surface area contributed by atoms with Crippen LogP contribution in [0.25, 0.3) is 0 Å². The lowest BCUT2D eigenvalue weighted by molar-refractivity contribution is -0.118. The van der Waals surface area contributed by atoms with Crippen LogP contribution in [0.2, 0.25) is 0 Å². The van der Waals surface area contributed by atoms with Crippen LogP contribution in [0.4, 0.5) is 5.00 Å². The van der Waals surface area contributed by atoms with Gasteiger partial charge in [-0.3, -0.25) is 4.79 Å². The summed E-state index contributed by atoms with van der Waals surface area (Å²) in [6.07, 6.45) is 3.04. The first-order valence-corrected chi connectivity index (χ1v) is 8.80. The Balaban J connectivity index is 1.63. The lowest BCUT2D eigenvalue weighted by Gasteiger charge is -2.07. The standard InChI is InChI=1S/C16H13IN2O2S/c17-10-4-6-11(7-5-10)21-9-15(20)19-16-13(8-18)12-2-1-3-14(12)22-16/h4-7H,1-3,9H2,(H,19,20). The Hall–Kier alpha value is -1.59. The smallest absolute Gasteiger partial charge is 0.262 e. The van der Waals surface area contributed by atoms with Crippen molar-refractivity contribution in [3.8, 4) is 11.8 Å². The van der Waals surface area contributed by atoms with Gasteiger partial charge in [0.05, 0.1) is 5.56 Å². The molecule has 0 atom stereocenters. The maximum atomic E-state index is 12.0. The van der Waals surface area contributed by atoms with Gasteiger partial charge in [-0.05, 0) is 71.7 Å². The highest BCUT2D eigenvalue weighted by Gasteiger charge is 2.23. The van der Waals surface area contributed by atoms with Gasteiger partial charge in [0.25, 0.3) is 5.91 Å². The fourth-order valence-electron chi connectivity index (χ4n) is 2.45. The van der Waals surface area contributed by atoms with Crippen molar-refractivity contribution in [3.05, 3.63) is 43.8 Å². The van der Waals surface area contributed by atoms with Gasteiger partial charge >= 0.3 is 0 Å². The van der Waals surface area contributed by atoms with E-state index >= 15 is 0 Å². The number of hydrogen-bond acceptors (Lipinski definition) is 4. The Morgan fingerprint density at radius 2 is 2.14 bits per heavy atom. The van der Waals surface area contributed by atoms with Gasteiger partial charge in [-0.15, -0.1) is 11.3 Å². The van der Waals surface area contributed by atoms with E-state index in [4.69, 9.17) is 4.74 Å². The number of carbonyl (C=O) groups is 1. The van der Waals surface area contributed by atoms with E-state index in [2.05, 4.69) is 34.0 Å². The monoisotopic (exact) mass is 424 g/mol. The number of nitrogens with one attached hydrogen (secondary N) is 1. The lowest BCUT2D eigenvalue weighted by atomic mass is 10.1. The molecule has 2 aromatic rings. The molecule has 1 heterocycles. The molecule has 22 heavy (non-hydrogen) atoms. The van der Waals surface area contributed by atoms with Gasteiger partial charge in [0.1, 0.15) is 16.8 Å². The van der Waals surface area contributed by atoms with Gasteiger partial charge in [-0.2, -0.15) is 5.26 Å². The number of aryl methyl sites for hydroxylation is 1. The van der Waals surface area contributed by atoms with Crippen molar-refractivity contribution >= 4 is 44.8 Å². The van der Waals surface area contributed by atoms with Gasteiger partial charge in [-0.1, -0.05) is 0 Å². The first-order valence-electron chi connectivity index (χ1n) is 6.90. The highest BCUT2D eigenvalue weighted by atomic mass is 127. The van der Waals surface area contributed by atoms with Crippen LogP contribution in [0.15, 0.2) is 24.3 Å². The Labute approximate surface area is 146 Å². The third-order valence-corrected chi connectivity index (χ3v) is 5.40. The predicted molar refractivity (Wildman–Crippen MR) is 94.3 cm³/mol. The molecule has 1 aliphatic rings. The molecule has 0 radical (unpaired) electrons. The van der Waals surface area contributed by atoms with Crippen molar-refractivity contribution in [1.82, 2.24) is 0 Å². The van der Waals surface area contributed by atoms with Crippen molar-refractivity contribution in [2.24, 2.45) is 0 Å². The summed E-state index contributed by atoms with van der Waals surface area (Å²) in [7, 11) is 0. The molecule has 0 saturated carbocycles. The SMILES string of the molecule is N#Cc1c(NC(=O)COc2ccc(I)cc2)sc2c1CCC2. The summed E-state index contributed by atoms with van der Waals surface area (Å²) in [4.78, 5) is 13.2. The van der Waals surface area contributed by atoms with E-state index in [0.29, 0.717) is 16.3 Å². The number of thiophene rings is 1. The van der Waals surface area contributed by atoms with Crippen LogP contribution in [0, 0.1) is 14.9 Å². The molecule has 3 rings (SSSR count). The van der Waals surface area contributed by atoms with Crippen molar-refractivity contribution in [2.75, 3.05) is 11.9 Å². The molecule has 1 amide bonds. The summed E-state index contributed by atoms with van der Waals surface area (Å²) >= 11 is 3.73. The van der Waals surface area contributed by atoms with E-state index in [9.17, 15) is 10.1 Å². The van der Waals surface area contributed by atoms with E-state index in [0.717, 1.165) is 28.4 Å². The second-order valence-electron chi connectivity index (χ2n) is 4.96. The zero-order valence-corrected chi connectivity index (χ0v) is 14.7. The van der Waals surface area contributed by atoms with Gasteiger partial charge in [0, 0.05) is 8.45 Å². The number of halogens is 1. The number of nitriles is 1. The zero-order chi connectivity index (χ0) is 15.5. The van der Waals surface area contributed by atoms with Crippen molar-refractivity contribution in [1.29, 1.82) is 5.26 Å². The lowest BCUT2D eigenvalue weighted by Crippen LogP contribution is -2.20. The molecule has 0 aliphatic heterocycles. The number of benzene rings is 1. The van der Waals surface area contributed by atoms with Crippen LogP contribution in [-0.2, 0) is 17.6 Å². The molecule has 0 fully saturated rings. The second kappa shape index (κ2) is 6.67. The molecule has 4 nitrogen and oxygen atoms in total. The minimum Gasteiger partial charge on any atom is -0.484 e. The van der Waals surface area contributed by atoms with Crippen LogP contribution >= 0.6 is 33.9 Å². The molecule has 1 N–H and O–H groups in total. The fourth-order valence-corrected chi connectivity index (χ4v) is 4.07. The molecule has 0 bridgehead atoms. The average Bonchev–Trinajstić information content (AvgIpc) is 3.07. The van der Waals surface area contributed by atoms with E-state index < -0.39 is 0 Å². The zero-order valence-electron chi connectivity index (χ0n) is 11.7. The number of fused-ring (bicyclic) bond motifs is 1. The highest BCUT2D eigenvalue weighted by Crippen LogP contribution is 2.38. The van der Waals surface area contributed by atoms with Gasteiger partial charge in [0.2, 0.25) is 0 Å². The molecule has 6 heteroatoms. The summed E-state index contributed by atoms with van der Waals surface area (Å²) in [6, 6.07) is 9.72. The Morgan fingerprint density at radius 3 is 2.86 bits per heavy atom. The Bertz CT molecular complexity index is 747. The normalized spacial score (nSPS) is 12.5. The first-order chi connectivity index (χ1) is 10.7. The largest absolute Gasteiger partial charge is 0.484 e. The molecule has 1 aromatic carbocycles. The number of ether oxygens (including phenoxy) is 1. The molecule has 1 aromatic heterocycles. The van der Waals surface area contributed by atoms with Crippen LogP contribution in [0.5, 0.6) is 5.75 Å². The average molecular weight is 424 g/mol. The molecular formula is C16H13IN2O2S. The minimum absolute atomic E-state index is 0.0615. The van der Waals surface area contributed by atoms with E-state index in [1.165, 1.54) is 16.2 Å². The molecule has 0 saturated heterocycles. The fraction of sp³-hybridized carbons (Fsp3) is 0.250. The number of carbonyl (C=O) groups excluding carboxylic acids is 1. The quantitative estimate of drug-likeness (QED) is 0.761. The van der Waals surface area contributed by atoms with Crippen LogP contribution in [-0.4, -0.2) is 12.5 Å². The summed E-state index contributed by atoms with van der Waals surface area (Å²) in [5.41, 5.74) is 1.74. The summed E-state index contributed by atoms with van der Waals surface area (Å²) < 4.78 is 6.56. The number of amides is 1. The molecule has 112 valence electrons. The maximum Gasteiger partial charge on any atom is 0.262 e. The topological polar surface area (TPSA) is 62.1 Å². The molecule has 0 spiro atoms. The second-order valence-corrected chi connectivity index (χ2v) is 7.31. The molecular weight excluding hydrogens is 411 g/mol. The minimum atomic E-state index is -0.241. The Kier molecular flexibility index (Phi) is 4.64. The molecule has 1 aliphatic carbocycles. The van der Waals surface area contributed by atoms with E-state index in [1.54, 1.807) is 0 Å². The predicted octanol–water partition coefficient (Wildman–Crippen LogP) is 3.73. The summed E-state index contributed by atoms with van der Waals surface area (Å²) in [5, 5.41) is 12.8. The van der Waals surface area contributed by atoms with Crippen molar-refractivity contribution < 1.29 is 9.53 Å². The third kappa shape index (κ3) is 3.25. The van der Waals surface area contributed by atoms with Crippen LogP contribution in [0.3, 0.4) is 0 Å². The Morgan fingerprint density at radius 1 is 1.36 bits per heavy atom.